The molecule has 2 aromatic rings. The van der Waals surface area contributed by atoms with E-state index in [9.17, 15) is 0 Å². The Hall–Kier alpha value is -1.80. The Morgan fingerprint density at radius 2 is 1.62 bits per heavy atom. The predicted octanol–water partition coefficient (Wildman–Crippen LogP) is 4.07. The van der Waals surface area contributed by atoms with Gasteiger partial charge in [0, 0.05) is 31.4 Å². The zero-order valence-corrected chi connectivity index (χ0v) is 12.8. The second-order valence-electron chi connectivity index (χ2n) is 6.05. The topological polar surface area (TPSA) is 15.3 Å². The highest BCUT2D eigenvalue weighted by molar-refractivity contribution is 5.45. The van der Waals surface area contributed by atoms with Crippen LogP contribution in [-0.4, -0.2) is 24.0 Å². The number of aryl methyl sites for hydroxylation is 1. The van der Waals surface area contributed by atoms with Crippen LogP contribution in [0.2, 0.25) is 0 Å². The van der Waals surface area contributed by atoms with Crippen LogP contribution in [0.3, 0.4) is 0 Å². The summed E-state index contributed by atoms with van der Waals surface area (Å²) in [5.74, 6) is 0. The number of anilines is 1. The zero-order valence-electron chi connectivity index (χ0n) is 12.8. The first-order valence-electron chi connectivity index (χ1n) is 7.89. The number of rotatable bonds is 4. The maximum Gasteiger partial charge on any atom is 0.0342 e. The number of nitrogens with zero attached hydrogens (tertiary/aromatic N) is 1. The fourth-order valence-corrected chi connectivity index (χ4v) is 2.96. The molecule has 0 saturated carbocycles. The maximum absolute atomic E-state index is 3.67. The molecule has 1 N–H and O–H groups in total. The summed E-state index contributed by atoms with van der Waals surface area (Å²) in [7, 11) is 0. The van der Waals surface area contributed by atoms with E-state index in [0.29, 0.717) is 6.04 Å². The second kappa shape index (κ2) is 6.77. The summed E-state index contributed by atoms with van der Waals surface area (Å²) in [6.07, 6.45) is 2.45. The van der Waals surface area contributed by atoms with E-state index in [1.54, 1.807) is 0 Å². The molecule has 3 rings (SSSR count). The van der Waals surface area contributed by atoms with Gasteiger partial charge in [-0.25, -0.2) is 0 Å². The number of nitrogens with one attached hydrogen (secondary N) is 1. The van der Waals surface area contributed by atoms with Crippen molar-refractivity contribution in [3.63, 3.8) is 0 Å². The van der Waals surface area contributed by atoms with Crippen molar-refractivity contribution in [1.82, 2.24) is 4.90 Å². The second-order valence-corrected chi connectivity index (χ2v) is 6.05. The summed E-state index contributed by atoms with van der Waals surface area (Å²) in [4.78, 5) is 2.56. The summed E-state index contributed by atoms with van der Waals surface area (Å²) < 4.78 is 0. The molecule has 1 aliphatic heterocycles. The summed E-state index contributed by atoms with van der Waals surface area (Å²) in [5, 5.41) is 3.67. The molecule has 1 fully saturated rings. The molecule has 1 saturated heterocycles. The standard InChI is InChI=1S/C19H24N2/c1-16-7-9-18(10-8-16)20-19-11-13-21(14-12-19)15-17-5-3-2-4-6-17/h2-10,19-20H,11-15H2,1H3. The van der Waals surface area contributed by atoms with Gasteiger partial charge in [0.25, 0.3) is 0 Å². The van der Waals surface area contributed by atoms with Gasteiger partial charge in [-0.05, 0) is 37.5 Å². The van der Waals surface area contributed by atoms with Crippen LogP contribution in [0.15, 0.2) is 54.6 Å². The third-order valence-corrected chi connectivity index (χ3v) is 4.26. The quantitative estimate of drug-likeness (QED) is 0.908. The van der Waals surface area contributed by atoms with Gasteiger partial charge < -0.3 is 5.32 Å². The highest BCUT2D eigenvalue weighted by atomic mass is 15.1. The van der Waals surface area contributed by atoms with Crippen molar-refractivity contribution < 1.29 is 0 Å². The minimum atomic E-state index is 0.611. The summed E-state index contributed by atoms with van der Waals surface area (Å²) in [6.45, 7) is 5.57. The van der Waals surface area contributed by atoms with Crippen molar-refractivity contribution >= 4 is 5.69 Å². The van der Waals surface area contributed by atoms with Gasteiger partial charge >= 0.3 is 0 Å². The molecule has 2 heteroatoms. The molecule has 0 aromatic heterocycles. The maximum atomic E-state index is 3.67. The molecule has 0 radical (unpaired) electrons. The summed E-state index contributed by atoms with van der Waals surface area (Å²) in [6, 6.07) is 20.1. The first kappa shape index (κ1) is 14.2. The third kappa shape index (κ3) is 4.08. The smallest absolute Gasteiger partial charge is 0.0342 e. The lowest BCUT2D eigenvalue weighted by atomic mass is 10.0. The van der Waals surface area contributed by atoms with E-state index in [2.05, 4.69) is 71.7 Å². The van der Waals surface area contributed by atoms with Crippen molar-refractivity contribution in [2.75, 3.05) is 18.4 Å². The van der Waals surface area contributed by atoms with Crippen LogP contribution in [0.25, 0.3) is 0 Å². The SMILES string of the molecule is Cc1ccc(NC2CCN(Cc3ccccc3)CC2)cc1. The molecule has 1 heterocycles. The highest BCUT2D eigenvalue weighted by Gasteiger charge is 2.18. The van der Waals surface area contributed by atoms with Crippen molar-refractivity contribution in [3.05, 3.63) is 65.7 Å². The molecule has 110 valence electrons. The highest BCUT2D eigenvalue weighted by Crippen LogP contribution is 2.18. The Labute approximate surface area is 127 Å². The number of benzene rings is 2. The monoisotopic (exact) mass is 280 g/mol. The van der Waals surface area contributed by atoms with Crippen LogP contribution in [0.1, 0.15) is 24.0 Å². The van der Waals surface area contributed by atoms with E-state index in [4.69, 9.17) is 0 Å². The molecule has 0 aliphatic carbocycles. The molecule has 0 amide bonds. The van der Waals surface area contributed by atoms with Gasteiger partial charge in [-0.2, -0.15) is 0 Å². The molecule has 2 aromatic carbocycles. The molecule has 21 heavy (non-hydrogen) atoms. The predicted molar refractivity (Wildman–Crippen MR) is 89.5 cm³/mol. The lowest BCUT2D eigenvalue weighted by Crippen LogP contribution is -2.38. The summed E-state index contributed by atoms with van der Waals surface area (Å²) in [5.41, 5.74) is 3.99. The molecule has 0 spiro atoms. The van der Waals surface area contributed by atoms with Crippen LogP contribution >= 0.6 is 0 Å². The van der Waals surface area contributed by atoms with Crippen LogP contribution in [0.5, 0.6) is 0 Å². The first-order valence-corrected chi connectivity index (χ1v) is 7.89. The number of hydrogen-bond donors (Lipinski definition) is 1. The van der Waals surface area contributed by atoms with Gasteiger partial charge in [0.2, 0.25) is 0 Å². The van der Waals surface area contributed by atoms with Gasteiger partial charge in [-0.1, -0.05) is 48.0 Å². The summed E-state index contributed by atoms with van der Waals surface area (Å²) >= 11 is 0. The van der Waals surface area contributed by atoms with E-state index < -0.39 is 0 Å². The fourth-order valence-electron chi connectivity index (χ4n) is 2.96. The largest absolute Gasteiger partial charge is 0.382 e. The molecule has 2 nitrogen and oxygen atoms in total. The molecule has 0 bridgehead atoms. The van der Waals surface area contributed by atoms with E-state index in [-0.39, 0.29) is 0 Å². The van der Waals surface area contributed by atoms with Gasteiger partial charge in [-0.3, -0.25) is 4.90 Å². The van der Waals surface area contributed by atoms with E-state index in [1.165, 1.54) is 42.7 Å². The van der Waals surface area contributed by atoms with E-state index >= 15 is 0 Å². The van der Waals surface area contributed by atoms with Crippen LogP contribution in [0.4, 0.5) is 5.69 Å². The lowest BCUT2D eigenvalue weighted by molar-refractivity contribution is 0.211. The molecule has 0 atom stereocenters. The molecular formula is C19H24N2. The van der Waals surface area contributed by atoms with Crippen LogP contribution < -0.4 is 5.32 Å². The van der Waals surface area contributed by atoms with Crippen molar-refractivity contribution in [3.8, 4) is 0 Å². The van der Waals surface area contributed by atoms with E-state index in [1.807, 2.05) is 0 Å². The zero-order chi connectivity index (χ0) is 14.5. The average molecular weight is 280 g/mol. The Kier molecular flexibility index (Phi) is 4.56. The minimum absolute atomic E-state index is 0.611. The number of likely N-dealkylation sites (tertiary alicyclic amines) is 1. The molecule has 0 unspecified atom stereocenters. The van der Waals surface area contributed by atoms with Gasteiger partial charge in [0.15, 0.2) is 0 Å². The Morgan fingerprint density at radius 1 is 0.952 bits per heavy atom. The van der Waals surface area contributed by atoms with Gasteiger partial charge in [0.1, 0.15) is 0 Å². The molecular weight excluding hydrogens is 256 g/mol. The van der Waals surface area contributed by atoms with Crippen molar-refractivity contribution in [2.45, 2.75) is 32.4 Å². The van der Waals surface area contributed by atoms with Gasteiger partial charge in [-0.15, -0.1) is 0 Å². The Bertz CT molecular complexity index is 540. The number of piperidine rings is 1. The van der Waals surface area contributed by atoms with Crippen LogP contribution in [-0.2, 0) is 6.54 Å². The molecule has 1 aliphatic rings. The van der Waals surface area contributed by atoms with Crippen LogP contribution in [0, 0.1) is 6.92 Å². The van der Waals surface area contributed by atoms with Crippen molar-refractivity contribution in [1.29, 1.82) is 0 Å². The first-order chi connectivity index (χ1) is 10.3. The minimum Gasteiger partial charge on any atom is -0.382 e. The average Bonchev–Trinajstić information content (AvgIpc) is 2.53. The normalized spacial score (nSPS) is 16.8. The number of hydrogen-bond acceptors (Lipinski definition) is 2. The lowest BCUT2D eigenvalue weighted by Gasteiger charge is -2.33. The Balaban J connectivity index is 1.47. The fraction of sp³-hybridized carbons (Fsp3) is 0.368. The Morgan fingerprint density at radius 3 is 2.29 bits per heavy atom. The van der Waals surface area contributed by atoms with E-state index in [0.717, 1.165) is 6.54 Å². The third-order valence-electron chi connectivity index (χ3n) is 4.26. The van der Waals surface area contributed by atoms with Gasteiger partial charge in [0.05, 0.1) is 0 Å². The van der Waals surface area contributed by atoms with Crippen molar-refractivity contribution in [2.24, 2.45) is 0 Å².